The molecule has 0 unspecified atom stereocenters. The van der Waals surface area contributed by atoms with Crippen molar-refractivity contribution in [2.75, 3.05) is 26.3 Å². The molecule has 1 aliphatic rings. The van der Waals surface area contributed by atoms with Gasteiger partial charge in [-0.15, -0.1) is 11.3 Å². The minimum Gasteiger partial charge on any atom is -0.486 e. The molecule has 1 aliphatic heterocycles. The number of hydrogen-bond donors (Lipinski definition) is 0. The molecular weight excluding hydrogens is 372 g/mol. The maximum Gasteiger partial charge on any atom is 0.243 e. The second-order valence-electron chi connectivity index (χ2n) is 5.85. The maximum atomic E-state index is 12.6. The van der Waals surface area contributed by atoms with Crippen molar-refractivity contribution in [1.29, 1.82) is 0 Å². The maximum absolute atomic E-state index is 12.6. The van der Waals surface area contributed by atoms with Crippen molar-refractivity contribution < 1.29 is 17.9 Å². The molecule has 3 aromatic rings. The molecule has 0 amide bonds. The van der Waals surface area contributed by atoms with Gasteiger partial charge in [-0.05, 0) is 36.4 Å². The quantitative estimate of drug-likeness (QED) is 0.670. The van der Waals surface area contributed by atoms with Crippen LogP contribution in [0, 0.1) is 0 Å². The molecule has 0 N–H and O–H groups in total. The molecule has 1 fully saturated rings. The van der Waals surface area contributed by atoms with Gasteiger partial charge in [0.2, 0.25) is 10.0 Å². The van der Waals surface area contributed by atoms with Crippen LogP contribution in [0.2, 0.25) is 0 Å². The molecular formula is C18H18N2O4S2. The van der Waals surface area contributed by atoms with Crippen molar-refractivity contribution in [2.45, 2.75) is 11.5 Å². The minimum absolute atomic E-state index is 0.270. The molecule has 1 aromatic heterocycles. The molecule has 8 heteroatoms. The van der Waals surface area contributed by atoms with Gasteiger partial charge < -0.3 is 9.47 Å². The predicted molar refractivity (Wildman–Crippen MR) is 100.0 cm³/mol. The number of nitrogens with zero attached hydrogens (tertiary/aromatic N) is 2. The van der Waals surface area contributed by atoms with Crippen LogP contribution in [0.15, 0.2) is 53.4 Å². The average Bonchev–Trinajstić information content (AvgIpc) is 3.10. The summed E-state index contributed by atoms with van der Waals surface area (Å²) in [6, 6.07) is 14.5. The normalized spacial score (nSPS) is 16.0. The summed E-state index contributed by atoms with van der Waals surface area (Å²) in [4.78, 5) is 4.80. The third kappa shape index (κ3) is 3.59. The van der Waals surface area contributed by atoms with E-state index in [-0.39, 0.29) is 4.90 Å². The molecule has 0 spiro atoms. The summed E-state index contributed by atoms with van der Waals surface area (Å²) in [5.41, 5.74) is 0.961. The number of fused-ring (bicyclic) bond motifs is 1. The van der Waals surface area contributed by atoms with E-state index in [1.165, 1.54) is 4.31 Å². The topological polar surface area (TPSA) is 68.7 Å². The van der Waals surface area contributed by atoms with Gasteiger partial charge in [0.1, 0.15) is 17.4 Å². The molecule has 0 bridgehead atoms. The summed E-state index contributed by atoms with van der Waals surface area (Å²) in [6.07, 6.45) is 0. The highest BCUT2D eigenvalue weighted by Gasteiger charge is 2.26. The van der Waals surface area contributed by atoms with E-state index in [0.717, 1.165) is 15.2 Å². The zero-order chi connectivity index (χ0) is 18.0. The van der Waals surface area contributed by atoms with Gasteiger partial charge in [-0.3, -0.25) is 0 Å². The lowest BCUT2D eigenvalue weighted by Gasteiger charge is -2.26. The zero-order valence-corrected chi connectivity index (χ0v) is 15.6. The fraction of sp³-hybridized carbons (Fsp3) is 0.278. The number of aromatic nitrogens is 1. The number of thiazole rings is 1. The Morgan fingerprint density at radius 1 is 1.08 bits per heavy atom. The summed E-state index contributed by atoms with van der Waals surface area (Å²) >= 11 is 1.59. The first-order valence-corrected chi connectivity index (χ1v) is 10.5. The van der Waals surface area contributed by atoms with E-state index in [1.807, 2.05) is 24.3 Å². The molecule has 2 aromatic carbocycles. The van der Waals surface area contributed by atoms with Crippen molar-refractivity contribution >= 4 is 31.6 Å². The standard InChI is InChI=1S/C18H18N2O4S2/c21-26(22,20-9-11-23-12-10-20)15-7-5-14(6-8-15)24-13-18-19-16-3-1-2-4-17(16)25-18/h1-8H,9-13H2. The molecule has 26 heavy (non-hydrogen) atoms. The number of morpholine rings is 1. The SMILES string of the molecule is O=S(=O)(c1ccc(OCc2nc3ccccc3s2)cc1)N1CCOCC1. The smallest absolute Gasteiger partial charge is 0.243 e. The second-order valence-corrected chi connectivity index (χ2v) is 8.91. The van der Waals surface area contributed by atoms with E-state index in [0.29, 0.717) is 38.7 Å². The molecule has 4 rings (SSSR count). The Hall–Kier alpha value is -2.00. The Morgan fingerprint density at radius 3 is 2.54 bits per heavy atom. The van der Waals surface area contributed by atoms with Crippen LogP contribution in [0.5, 0.6) is 5.75 Å². The first-order chi connectivity index (χ1) is 12.6. The van der Waals surface area contributed by atoms with Crippen LogP contribution >= 0.6 is 11.3 Å². The summed E-state index contributed by atoms with van der Waals surface area (Å²) in [7, 11) is -3.48. The van der Waals surface area contributed by atoms with Gasteiger partial charge in [-0.2, -0.15) is 4.31 Å². The van der Waals surface area contributed by atoms with E-state index >= 15 is 0 Å². The molecule has 136 valence electrons. The Labute approximate surface area is 156 Å². The monoisotopic (exact) mass is 390 g/mol. The van der Waals surface area contributed by atoms with E-state index in [9.17, 15) is 8.42 Å². The molecule has 0 atom stereocenters. The Morgan fingerprint density at radius 2 is 1.81 bits per heavy atom. The highest BCUT2D eigenvalue weighted by atomic mass is 32.2. The summed E-state index contributed by atoms with van der Waals surface area (Å²) in [6.45, 7) is 2.00. The van der Waals surface area contributed by atoms with E-state index in [2.05, 4.69) is 4.98 Å². The third-order valence-corrected chi connectivity index (χ3v) is 7.05. The molecule has 2 heterocycles. The van der Waals surface area contributed by atoms with Gasteiger partial charge in [0, 0.05) is 13.1 Å². The van der Waals surface area contributed by atoms with Crippen LogP contribution in [0.1, 0.15) is 5.01 Å². The van der Waals surface area contributed by atoms with E-state index < -0.39 is 10.0 Å². The fourth-order valence-corrected chi connectivity index (χ4v) is 5.06. The molecule has 1 saturated heterocycles. The number of ether oxygens (including phenoxy) is 2. The van der Waals surface area contributed by atoms with Crippen LogP contribution in [-0.4, -0.2) is 44.0 Å². The summed E-state index contributed by atoms with van der Waals surface area (Å²) in [5.74, 6) is 0.616. The minimum atomic E-state index is -3.48. The Kier molecular flexibility index (Phi) is 4.90. The van der Waals surface area contributed by atoms with E-state index in [1.54, 1.807) is 35.6 Å². The first-order valence-electron chi connectivity index (χ1n) is 8.28. The average molecular weight is 390 g/mol. The lowest BCUT2D eigenvalue weighted by molar-refractivity contribution is 0.0730. The van der Waals surface area contributed by atoms with Crippen LogP contribution in [0.3, 0.4) is 0 Å². The van der Waals surface area contributed by atoms with E-state index in [4.69, 9.17) is 9.47 Å². The van der Waals surface area contributed by atoms with Gasteiger partial charge in [0.15, 0.2) is 0 Å². The van der Waals surface area contributed by atoms with Crippen LogP contribution in [0.25, 0.3) is 10.2 Å². The molecule has 0 aliphatic carbocycles. The van der Waals surface area contributed by atoms with Crippen molar-refractivity contribution in [3.8, 4) is 5.75 Å². The van der Waals surface area contributed by atoms with Crippen LogP contribution in [-0.2, 0) is 21.4 Å². The largest absolute Gasteiger partial charge is 0.486 e. The summed E-state index contributed by atoms with van der Waals surface area (Å²) in [5, 5.41) is 0.885. The number of benzene rings is 2. The van der Waals surface area contributed by atoms with Crippen molar-refractivity contribution in [1.82, 2.24) is 9.29 Å². The second kappa shape index (κ2) is 7.32. The Balaban J connectivity index is 1.44. The van der Waals surface area contributed by atoms with Gasteiger partial charge >= 0.3 is 0 Å². The van der Waals surface area contributed by atoms with Crippen molar-refractivity contribution in [3.63, 3.8) is 0 Å². The number of rotatable bonds is 5. The number of sulfonamides is 1. The number of hydrogen-bond acceptors (Lipinski definition) is 6. The predicted octanol–water partition coefficient (Wildman–Crippen LogP) is 2.90. The Bertz CT molecular complexity index is 960. The van der Waals surface area contributed by atoms with Crippen molar-refractivity contribution in [3.05, 3.63) is 53.5 Å². The van der Waals surface area contributed by atoms with Crippen molar-refractivity contribution in [2.24, 2.45) is 0 Å². The van der Waals surface area contributed by atoms with Gasteiger partial charge in [-0.1, -0.05) is 12.1 Å². The molecule has 0 radical (unpaired) electrons. The number of para-hydroxylation sites is 1. The lowest BCUT2D eigenvalue weighted by Crippen LogP contribution is -2.40. The molecule has 0 saturated carbocycles. The highest BCUT2D eigenvalue weighted by molar-refractivity contribution is 7.89. The van der Waals surface area contributed by atoms with Crippen LogP contribution in [0.4, 0.5) is 0 Å². The lowest BCUT2D eigenvalue weighted by atomic mass is 10.3. The molecule has 6 nitrogen and oxygen atoms in total. The third-order valence-electron chi connectivity index (χ3n) is 4.13. The highest BCUT2D eigenvalue weighted by Crippen LogP contribution is 2.24. The summed E-state index contributed by atoms with van der Waals surface area (Å²) < 4.78 is 38.7. The zero-order valence-electron chi connectivity index (χ0n) is 14.0. The fourth-order valence-electron chi connectivity index (χ4n) is 2.77. The van der Waals surface area contributed by atoms with Gasteiger partial charge in [0.25, 0.3) is 0 Å². The van der Waals surface area contributed by atoms with Crippen LogP contribution < -0.4 is 4.74 Å². The van der Waals surface area contributed by atoms with Gasteiger partial charge in [0.05, 0.1) is 28.3 Å². The van der Waals surface area contributed by atoms with Gasteiger partial charge in [-0.25, -0.2) is 13.4 Å². The first kappa shape index (κ1) is 17.4.